The van der Waals surface area contributed by atoms with Crippen LogP contribution in [0.2, 0.25) is 0 Å². The number of hydrogen-bond acceptors (Lipinski definition) is 7. The minimum absolute atomic E-state index is 0.0419. The first-order valence-corrected chi connectivity index (χ1v) is 17.2. The number of phosphoric ester groups is 1. The molecule has 0 heterocycles. The van der Waals surface area contributed by atoms with Crippen molar-refractivity contribution < 1.29 is 33.5 Å². The Bertz CT molecular complexity index is 761. The average molecular weight is 603 g/mol. The highest BCUT2D eigenvalue weighted by atomic mass is 31.2. The maximum atomic E-state index is 12.6. The van der Waals surface area contributed by atoms with Crippen LogP contribution in [0.15, 0.2) is 36.5 Å². The van der Waals surface area contributed by atoms with Gasteiger partial charge in [0, 0.05) is 6.54 Å². The zero-order chi connectivity index (χ0) is 30.6. The van der Waals surface area contributed by atoms with Gasteiger partial charge in [-0.25, -0.2) is 4.57 Å². The fourth-order valence-electron chi connectivity index (χ4n) is 4.09. The van der Waals surface area contributed by atoms with Gasteiger partial charge in [-0.15, -0.1) is 0 Å². The molecule has 41 heavy (non-hydrogen) atoms. The van der Waals surface area contributed by atoms with E-state index in [0.29, 0.717) is 12.8 Å². The van der Waals surface area contributed by atoms with Gasteiger partial charge < -0.3 is 26.2 Å². The lowest BCUT2D eigenvalue weighted by atomic mass is 10.0. The molecule has 4 unspecified atom stereocenters. The first kappa shape index (κ1) is 39.7. The number of aliphatic hydroxyl groups is 2. The highest BCUT2D eigenvalue weighted by molar-refractivity contribution is 7.47. The van der Waals surface area contributed by atoms with E-state index >= 15 is 0 Å². The van der Waals surface area contributed by atoms with Gasteiger partial charge in [-0.2, -0.15) is 0 Å². The zero-order valence-electron chi connectivity index (χ0n) is 25.6. The van der Waals surface area contributed by atoms with Crippen molar-refractivity contribution in [2.24, 2.45) is 5.73 Å². The molecule has 0 rings (SSSR count). The topological polar surface area (TPSA) is 151 Å². The van der Waals surface area contributed by atoms with Crippen molar-refractivity contribution in [2.75, 3.05) is 19.8 Å². The summed E-state index contributed by atoms with van der Waals surface area (Å²) in [5.41, 5.74) is 5.31. The quantitative estimate of drug-likeness (QED) is 0.0401. The maximum Gasteiger partial charge on any atom is 0.472 e. The van der Waals surface area contributed by atoms with E-state index in [9.17, 15) is 24.5 Å². The monoisotopic (exact) mass is 602 g/mol. The maximum absolute atomic E-state index is 12.6. The van der Waals surface area contributed by atoms with Gasteiger partial charge in [-0.3, -0.25) is 13.8 Å². The molecular weight excluding hydrogens is 543 g/mol. The van der Waals surface area contributed by atoms with Crippen LogP contribution in [0.25, 0.3) is 0 Å². The minimum Gasteiger partial charge on any atom is -0.393 e. The van der Waals surface area contributed by atoms with Crippen molar-refractivity contribution in [1.29, 1.82) is 0 Å². The van der Waals surface area contributed by atoms with Crippen molar-refractivity contribution >= 4 is 13.7 Å². The SMILES string of the molecule is CCC/C=C/CC/C=C/CC/C=C/C(O)C(COP(=O)(O)OCCN)NC(=O)CC(O)CCCCCCCCCC. The summed E-state index contributed by atoms with van der Waals surface area (Å²) in [4.78, 5) is 22.4. The molecule has 0 aliphatic carbocycles. The number of allylic oxidation sites excluding steroid dienone is 5. The van der Waals surface area contributed by atoms with Crippen LogP contribution in [0.4, 0.5) is 0 Å². The lowest BCUT2D eigenvalue weighted by Crippen LogP contribution is -2.46. The molecule has 0 aromatic heterocycles. The Hall–Kier alpha value is -1.32. The number of carbonyl (C=O) groups excluding carboxylic acids is 1. The fraction of sp³-hybridized carbons (Fsp3) is 0.774. The Balaban J connectivity index is 4.69. The predicted molar refractivity (Wildman–Crippen MR) is 167 cm³/mol. The summed E-state index contributed by atoms with van der Waals surface area (Å²) in [5.74, 6) is -0.468. The molecule has 1 amide bonds. The van der Waals surface area contributed by atoms with Gasteiger partial charge in [0.05, 0.1) is 37.9 Å². The van der Waals surface area contributed by atoms with E-state index in [1.807, 2.05) is 0 Å². The van der Waals surface area contributed by atoms with Gasteiger partial charge in [-0.05, 0) is 38.5 Å². The van der Waals surface area contributed by atoms with Crippen LogP contribution < -0.4 is 11.1 Å². The van der Waals surface area contributed by atoms with E-state index < -0.39 is 38.6 Å². The lowest BCUT2D eigenvalue weighted by molar-refractivity contribution is -0.124. The number of phosphoric acid groups is 1. The van der Waals surface area contributed by atoms with Gasteiger partial charge in [0.1, 0.15) is 0 Å². The van der Waals surface area contributed by atoms with E-state index in [2.05, 4.69) is 43.5 Å². The summed E-state index contributed by atoms with van der Waals surface area (Å²) < 4.78 is 21.8. The van der Waals surface area contributed by atoms with Crippen LogP contribution in [-0.4, -0.2) is 59.0 Å². The molecule has 0 aliphatic heterocycles. The molecule has 240 valence electrons. The Morgan fingerprint density at radius 3 is 1.98 bits per heavy atom. The smallest absolute Gasteiger partial charge is 0.393 e. The van der Waals surface area contributed by atoms with E-state index in [1.165, 1.54) is 38.2 Å². The third-order valence-electron chi connectivity index (χ3n) is 6.48. The molecule has 10 heteroatoms. The van der Waals surface area contributed by atoms with Crippen molar-refractivity contribution in [2.45, 2.75) is 135 Å². The largest absolute Gasteiger partial charge is 0.472 e. The summed E-state index contributed by atoms with van der Waals surface area (Å²) >= 11 is 0. The first-order chi connectivity index (χ1) is 19.8. The summed E-state index contributed by atoms with van der Waals surface area (Å²) in [6, 6.07) is -0.999. The Morgan fingerprint density at radius 1 is 0.829 bits per heavy atom. The van der Waals surface area contributed by atoms with Crippen molar-refractivity contribution in [3.63, 3.8) is 0 Å². The Kier molecular flexibility index (Phi) is 26.6. The number of nitrogens with one attached hydrogen (secondary N) is 1. The highest BCUT2D eigenvalue weighted by Crippen LogP contribution is 2.43. The normalized spacial score (nSPS) is 16.0. The highest BCUT2D eigenvalue weighted by Gasteiger charge is 2.27. The Morgan fingerprint density at radius 2 is 1.39 bits per heavy atom. The molecule has 9 nitrogen and oxygen atoms in total. The summed E-state index contributed by atoms with van der Waals surface area (Å²) in [5, 5.41) is 23.6. The minimum atomic E-state index is -4.39. The standard InChI is InChI=1S/C31H59N2O7P/c1-3-5-7-9-11-13-14-15-17-19-21-23-30(35)29(27-40-41(37,38)39-25-24-32)33-31(36)26-28(34)22-20-18-16-12-10-8-6-4-2/h7,9,14-15,21,23,28-30,34-35H,3-6,8,10-13,16-20,22,24-27,32H2,1-2H3,(H,33,36)(H,37,38)/b9-7+,15-14+,23-21+. The molecule has 0 aliphatic rings. The third-order valence-corrected chi connectivity index (χ3v) is 7.47. The van der Waals surface area contributed by atoms with Crippen LogP contribution in [0.1, 0.15) is 117 Å². The second-order valence-corrected chi connectivity index (χ2v) is 11.9. The van der Waals surface area contributed by atoms with E-state index in [0.717, 1.165) is 51.4 Å². The van der Waals surface area contributed by atoms with Crippen molar-refractivity contribution in [3.8, 4) is 0 Å². The second-order valence-electron chi connectivity index (χ2n) is 10.5. The number of rotatable bonds is 28. The summed E-state index contributed by atoms with van der Waals surface area (Å²) in [6.45, 7) is 3.78. The van der Waals surface area contributed by atoms with Gasteiger partial charge in [-0.1, -0.05) is 108 Å². The third kappa shape index (κ3) is 26.1. The average Bonchev–Trinajstić information content (AvgIpc) is 2.94. The molecule has 0 fully saturated rings. The summed E-state index contributed by atoms with van der Waals surface area (Å²) in [7, 11) is -4.39. The number of hydrogen-bond donors (Lipinski definition) is 5. The van der Waals surface area contributed by atoms with Gasteiger partial charge in [0.2, 0.25) is 5.91 Å². The number of nitrogens with two attached hydrogens (primary N) is 1. The van der Waals surface area contributed by atoms with Crippen molar-refractivity contribution in [3.05, 3.63) is 36.5 Å². The van der Waals surface area contributed by atoms with E-state index in [1.54, 1.807) is 6.08 Å². The zero-order valence-corrected chi connectivity index (χ0v) is 26.5. The van der Waals surface area contributed by atoms with Crippen LogP contribution in [0.3, 0.4) is 0 Å². The van der Waals surface area contributed by atoms with Gasteiger partial charge in [0.25, 0.3) is 0 Å². The van der Waals surface area contributed by atoms with Crippen LogP contribution in [0, 0.1) is 0 Å². The molecule has 0 spiro atoms. The second kappa shape index (κ2) is 27.5. The number of carbonyl (C=O) groups is 1. The van der Waals surface area contributed by atoms with Gasteiger partial charge >= 0.3 is 7.82 Å². The van der Waals surface area contributed by atoms with E-state index in [-0.39, 0.29) is 19.6 Å². The van der Waals surface area contributed by atoms with Crippen LogP contribution in [-0.2, 0) is 18.4 Å². The molecule has 4 atom stereocenters. The summed E-state index contributed by atoms with van der Waals surface area (Å²) in [6.07, 6.45) is 25.4. The number of unbranched alkanes of at least 4 members (excludes halogenated alkanes) is 10. The first-order valence-electron chi connectivity index (χ1n) is 15.7. The van der Waals surface area contributed by atoms with Crippen LogP contribution in [0.5, 0.6) is 0 Å². The fourth-order valence-corrected chi connectivity index (χ4v) is 4.85. The van der Waals surface area contributed by atoms with Crippen LogP contribution >= 0.6 is 7.82 Å². The lowest BCUT2D eigenvalue weighted by Gasteiger charge is -2.24. The molecule has 6 N–H and O–H groups in total. The molecule has 0 saturated heterocycles. The number of aliphatic hydroxyl groups excluding tert-OH is 2. The molecule has 0 aromatic rings. The van der Waals surface area contributed by atoms with Crippen molar-refractivity contribution in [1.82, 2.24) is 5.32 Å². The van der Waals surface area contributed by atoms with Gasteiger partial charge in [0.15, 0.2) is 0 Å². The molecule has 0 aromatic carbocycles. The molecule has 0 radical (unpaired) electrons. The molecule has 0 bridgehead atoms. The predicted octanol–water partition coefficient (Wildman–Crippen LogP) is 6.24. The molecular formula is C31H59N2O7P. The van der Waals surface area contributed by atoms with E-state index in [4.69, 9.17) is 14.8 Å². The Labute approximate surface area is 249 Å². The molecule has 0 saturated carbocycles. The number of amides is 1.